The van der Waals surface area contributed by atoms with Gasteiger partial charge in [0.1, 0.15) is 11.5 Å². The highest BCUT2D eigenvalue weighted by molar-refractivity contribution is 5.95. The van der Waals surface area contributed by atoms with Gasteiger partial charge >= 0.3 is 5.97 Å². The van der Waals surface area contributed by atoms with E-state index in [0.717, 1.165) is 5.56 Å². The number of esters is 1. The Kier molecular flexibility index (Phi) is 8.51. The smallest absolute Gasteiger partial charge is 0.344 e. The largest absolute Gasteiger partial charge is 0.494 e. The fraction of sp³-hybridized carbons (Fsp3) is 0.318. The molecule has 0 aliphatic carbocycles. The number of ether oxygens (including phenoxy) is 3. The monoisotopic (exact) mass is 396 g/mol. The predicted molar refractivity (Wildman–Crippen MR) is 108 cm³/mol. The van der Waals surface area contributed by atoms with Gasteiger partial charge in [0.15, 0.2) is 13.2 Å². The summed E-state index contributed by atoms with van der Waals surface area (Å²) in [6.45, 7) is 3.76. The molecular weight excluding hydrogens is 372 g/mol. The van der Waals surface area contributed by atoms with Crippen LogP contribution in [0.15, 0.2) is 48.5 Å². The summed E-state index contributed by atoms with van der Waals surface area (Å²) < 4.78 is 15.9. The van der Waals surface area contributed by atoms with Gasteiger partial charge < -0.3 is 19.1 Å². The van der Waals surface area contributed by atoms with Crippen molar-refractivity contribution in [3.63, 3.8) is 0 Å². The second-order valence-electron chi connectivity index (χ2n) is 6.10. The topological polar surface area (TPSA) is 88.9 Å². The number of hydrogen-bond donors (Lipinski definition) is 0. The molecule has 2 aromatic rings. The van der Waals surface area contributed by atoms with Gasteiger partial charge in [0.2, 0.25) is 0 Å². The van der Waals surface area contributed by atoms with Gasteiger partial charge in [-0.1, -0.05) is 18.2 Å². The van der Waals surface area contributed by atoms with Crippen molar-refractivity contribution in [2.45, 2.75) is 20.3 Å². The average Bonchev–Trinajstić information content (AvgIpc) is 2.73. The van der Waals surface area contributed by atoms with Crippen molar-refractivity contribution in [2.75, 3.05) is 31.3 Å². The summed E-state index contributed by atoms with van der Waals surface area (Å²) in [6.07, 6.45) is 0.156. The summed E-state index contributed by atoms with van der Waals surface area (Å²) in [5.74, 6) is 0.201. The van der Waals surface area contributed by atoms with E-state index >= 15 is 0 Å². The van der Waals surface area contributed by atoms with Crippen molar-refractivity contribution < 1.29 is 23.8 Å². The van der Waals surface area contributed by atoms with Crippen LogP contribution in [0.2, 0.25) is 0 Å². The molecule has 0 saturated heterocycles. The molecule has 0 unspecified atom stereocenters. The number of rotatable bonds is 10. The van der Waals surface area contributed by atoms with Crippen LogP contribution in [0.4, 0.5) is 5.69 Å². The van der Waals surface area contributed by atoms with Crippen LogP contribution in [0.5, 0.6) is 11.5 Å². The molecule has 0 atom stereocenters. The van der Waals surface area contributed by atoms with Gasteiger partial charge in [-0.2, -0.15) is 5.26 Å². The molecule has 0 saturated carbocycles. The normalized spacial score (nSPS) is 9.97. The van der Waals surface area contributed by atoms with Crippen LogP contribution in [0.25, 0.3) is 0 Å². The molecular formula is C22H24N2O5. The van der Waals surface area contributed by atoms with Crippen LogP contribution in [-0.4, -0.2) is 38.2 Å². The standard InChI is InChI=1S/C22H24N2O5/c1-3-27-19-11-9-18(10-12-19)24(14-6-13-23)21(25)15-29-22(26)16-28-20-8-5-4-7-17(20)2/h4-5,7-12H,3,6,14-16H2,1-2H3. The molecule has 0 radical (unpaired) electrons. The van der Waals surface area contributed by atoms with E-state index < -0.39 is 18.5 Å². The minimum absolute atomic E-state index is 0.156. The molecule has 7 nitrogen and oxygen atoms in total. The summed E-state index contributed by atoms with van der Waals surface area (Å²) in [5.41, 5.74) is 1.50. The summed E-state index contributed by atoms with van der Waals surface area (Å²) in [4.78, 5) is 25.9. The molecule has 0 aliphatic heterocycles. The summed E-state index contributed by atoms with van der Waals surface area (Å²) in [5, 5.41) is 8.87. The lowest BCUT2D eigenvalue weighted by Crippen LogP contribution is -2.36. The summed E-state index contributed by atoms with van der Waals surface area (Å²) in [7, 11) is 0. The molecule has 0 bridgehead atoms. The highest BCUT2D eigenvalue weighted by atomic mass is 16.6. The molecule has 0 heterocycles. The van der Waals surface area contributed by atoms with Crippen LogP contribution >= 0.6 is 0 Å². The molecule has 0 aromatic heterocycles. The van der Waals surface area contributed by atoms with E-state index in [1.807, 2.05) is 32.0 Å². The summed E-state index contributed by atoms with van der Waals surface area (Å²) >= 11 is 0. The maximum atomic E-state index is 12.6. The Balaban J connectivity index is 1.92. The number of aryl methyl sites for hydroxylation is 1. The zero-order valence-corrected chi connectivity index (χ0v) is 16.6. The van der Waals surface area contributed by atoms with Crippen molar-refractivity contribution in [2.24, 2.45) is 0 Å². The van der Waals surface area contributed by atoms with Gasteiger partial charge in [-0.15, -0.1) is 0 Å². The van der Waals surface area contributed by atoms with Gasteiger partial charge in [-0.25, -0.2) is 4.79 Å². The van der Waals surface area contributed by atoms with Crippen LogP contribution in [0.3, 0.4) is 0 Å². The molecule has 152 valence electrons. The number of nitriles is 1. The third kappa shape index (κ3) is 6.85. The lowest BCUT2D eigenvalue weighted by Gasteiger charge is -2.22. The Morgan fingerprint density at radius 2 is 1.76 bits per heavy atom. The fourth-order valence-electron chi connectivity index (χ4n) is 2.57. The zero-order chi connectivity index (χ0) is 21.1. The third-order valence-electron chi connectivity index (χ3n) is 4.00. The molecule has 2 aromatic carbocycles. The van der Waals surface area contributed by atoms with E-state index in [4.69, 9.17) is 19.5 Å². The van der Waals surface area contributed by atoms with Gasteiger partial charge in [0.25, 0.3) is 5.91 Å². The van der Waals surface area contributed by atoms with E-state index in [0.29, 0.717) is 23.8 Å². The summed E-state index contributed by atoms with van der Waals surface area (Å²) in [6, 6.07) is 16.3. The second-order valence-corrected chi connectivity index (χ2v) is 6.10. The Labute approximate surface area is 170 Å². The van der Waals surface area contributed by atoms with Gasteiger partial charge in [-0.3, -0.25) is 4.79 Å². The van der Waals surface area contributed by atoms with Gasteiger partial charge in [0, 0.05) is 12.2 Å². The van der Waals surface area contributed by atoms with Crippen molar-refractivity contribution in [1.82, 2.24) is 0 Å². The van der Waals surface area contributed by atoms with E-state index in [1.54, 1.807) is 36.4 Å². The number of benzene rings is 2. The minimum atomic E-state index is -0.645. The molecule has 7 heteroatoms. The third-order valence-corrected chi connectivity index (χ3v) is 4.00. The lowest BCUT2D eigenvalue weighted by molar-refractivity contribution is -0.149. The lowest BCUT2D eigenvalue weighted by atomic mass is 10.2. The van der Waals surface area contributed by atoms with Crippen LogP contribution in [0, 0.1) is 18.3 Å². The highest BCUT2D eigenvalue weighted by Gasteiger charge is 2.18. The van der Waals surface area contributed by atoms with Crippen LogP contribution < -0.4 is 14.4 Å². The SMILES string of the molecule is CCOc1ccc(N(CCC#N)C(=O)COC(=O)COc2ccccc2C)cc1. The first kappa shape index (κ1) is 21.8. The van der Waals surface area contributed by atoms with E-state index in [1.165, 1.54) is 4.90 Å². The number of amides is 1. The molecule has 0 aliphatic rings. The molecule has 1 amide bonds. The fourth-order valence-corrected chi connectivity index (χ4v) is 2.57. The minimum Gasteiger partial charge on any atom is -0.494 e. The Morgan fingerprint density at radius 1 is 1.03 bits per heavy atom. The quantitative estimate of drug-likeness (QED) is 0.573. The molecule has 29 heavy (non-hydrogen) atoms. The van der Waals surface area contributed by atoms with E-state index in [-0.39, 0.29) is 19.6 Å². The van der Waals surface area contributed by atoms with Gasteiger partial charge in [0.05, 0.1) is 19.1 Å². The number of anilines is 1. The first-order valence-corrected chi connectivity index (χ1v) is 9.29. The maximum absolute atomic E-state index is 12.6. The number of carbonyl (C=O) groups is 2. The number of carbonyl (C=O) groups excluding carboxylic acids is 2. The van der Waals surface area contributed by atoms with Crippen molar-refractivity contribution in [1.29, 1.82) is 5.26 Å². The first-order chi connectivity index (χ1) is 14.0. The zero-order valence-electron chi connectivity index (χ0n) is 16.6. The van der Waals surface area contributed by atoms with Crippen LogP contribution in [-0.2, 0) is 14.3 Å². The molecule has 0 fully saturated rings. The van der Waals surface area contributed by atoms with Crippen LogP contribution in [0.1, 0.15) is 18.9 Å². The average molecular weight is 396 g/mol. The second kappa shape index (κ2) is 11.3. The van der Waals surface area contributed by atoms with Crippen molar-refractivity contribution in [3.8, 4) is 17.6 Å². The molecule has 2 rings (SSSR count). The first-order valence-electron chi connectivity index (χ1n) is 9.29. The van der Waals surface area contributed by atoms with Crippen molar-refractivity contribution >= 4 is 17.6 Å². The highest BCUT2D eigenvalue weighted by Crippen LogP contribution is 2.20. The van der Waals surface area contributed by atoms with Gasteiger partial charge in [-0.05, 0) is 49.7 Å². The Bertz CT molecular complexity index is 858. The molecule has 0 spiro atoms. The predicted octanol–water partition coefficient (Wildman–Crippen LogP) is 3.26. The Morgan fingerprint density at radius 3 is 2.41 bits per heavy atom. The van der Waals surface area contributed by atoms with E-state index in [9.17, 15) is 9.59 Å². The number of para-hydroxylation sites is 1. The van der Waals surface area contributed by atoms with E-state index in [2.05, 4.69) is 0 Å². The number of nitrogens with zero attached hydrogens (tertiary/aromatic N) is 2. The molecule has 0 N–H and O–H groups in total. The maximum Gasteiger partial charge on any atom is 0.344 e. The Hall–Kier alpha value is -3.53. The number of hydrogen-bond acceptors (Lipinski definition) is 6. The van der Waals surface area contributed by atoms with Crippen molar-refractivity contribution in [3.05, 3.63) is 54.1 Å².